The number of carbonyl (C=O) groups is 3. The zero-order valence-electron chi connectivity index (χ0n) is 13.8. The molecule has 0 heterocycles. The Morgan fingerprint density at radius 3 is 1.73 bits per heavy atom. The first kappa shape index (κ1) is 21.3. The van der Waals surface area contributed by atoms with E-state index in [-0.39, 0.29) is 5.56 Å². The number of urea groups is 1. The van der Waals surface area contributed by atoms with Crippen LogP contribution in [0.4, 0.5) is 4.79 Å². The van der Waals surface area contributed by atoms with Crippen molar-refractivity contribution in [3.05, 3.63) is 69.7 Å². The lowest BCUT2D eigenvalue weighted by Crippen LogP contribution is -2.46. The molecule has 138 valence electrons. The molecule has 0 saturated carbocycles. The lowest BCUT2D eigenvalue weighted by Gasteiger charge is -2.07. The molecule has 0 spiro atoms. The molecule has 2 aromatic rings. The zero-order valence-corrected chi connectivity index (χ0v) is 15.3. The van der Waals surface area contributed by atoms with Gasteiger partial charge in [0.05, 0.1) is 5.56 Å². The molecule has 0 aromatic heterocycles. The maximum absolute atomic E-state index is 11.5. The van der Waals surface area contributed by atoms with Crippen molar-refractivity contribution in [2.75, 3.05) is 6.54 Å². The third kappa shape index (κ3) is 7.87. The molecule has 0 saturated heterocycles. The van der Waals surface area contributed by atoms with Crippen molar-refractivity contribution in [2.45, 2.75) is 6.92 Å². The smallest absolute Gasteiger partial charge is 0.335 e. The molecule has 0 radical (unpaired) electrons. The van der Waals surface area contributed by atoms with E-state index in [0.29, 0.717) is 22.2 Å². The quantitative estimate of drug-likeness (QED) is 0.595. The molecule has 4 N–H and O–H groups in total. The number of rotatable bonds is 3. The Balaban J connectivity index is 0.000000289. The van der Waals surface area contributed by atoms with Crippen LogP contribution in [0.1, 0.15) is 27.6 Å². The molecule has 3 amide bonds. The lowest BCUT2D eigenvalue weighted by molar-refractivity contribution is 0.0696. The second kappa shape index (κ2) is 11.0. The molecular formula is C17H17Cl2N3O4. The summed E-state index contributed by atoms with van der Waals surface area (Å²) in [7, 11) is 0. The van der Waals surface area contributed by atoms with Gasteiger partial charge in [-0.3, -0.25) is 10.2 Å². The molecule has 2 rings (SSSR count). The third-order valence-corrected chi connectivity index (χ3v) is 3.33. The number of carboxylic acid groups (broad SMARTS) is 1. The fourth-order valence-electron chi connectivity index (χ4n) is 1.58. The van der Waals surface area contributed by atoms with Crippen molar-refractivity contribution in [3.63, 3.8) is 0 Å². The minimum atomic E-state index is -0.934. The standard InChI is InChI=1S/C10H12ClN3O2.C7H5ClO2/c1-2-12-10(16)14-13-9(15)7-3-5-8(11)6-4-7;8-6-3-1-5(2-4-6)7(9)10/h3-6H,2H2,1H3,(H,13,15)(H2,12,14,16);1-4H,(H,9,10). The molecule has 2 aromatic carbocycles. The highest BCUT2D eigenvalue weighted by Gasteiger charge is 2.05. The van der Waals surface area contributed by atoms with Gasteiger partial charge in [-0.1, -0.05) is 23.2 Å². The van der Waals surface area contributed by atoms with E-state index in [1.165, 1.54) is 12.1 Å². The van der Waals surface area contributed by atoms with Crippen LogP contribution >= 0.6 is 23.2 Å². The molecule has 0 aliphatic rings. The van der Waals surface area contributed by atoms with Gasteiger partial charge in [-0.05, 0) is 55.5 Å². The van der Waals surface area contributed by atoms with Gasteiger partial charge in [-0.15, -0.1) is 0 Å². The van der Waals surface area contributed by atoms with Gasteiger partial charge in [0.2, 0.25) is 0 Å². The predicted octanol–water partition coefficient (Wildman–Crippen LogP) is 3.34. The summed E-state index contributed by atoms with van der Waals surface area (Å²) in [6.07, 6.45) is 0. The number of hydrogen-bond donors (Lipinski definition) is 4. The van der Waals surface area contributed by atoms with Crippen LogP contribution in [0.25, 0.3) is 0 Å². The van der Waals surface area contributed by atoms with E-state index in [2.05, 4.69) is 16.2 Å². The van der Waals surface area contributed by atoms with Crippen LogP contribution in [0.5, 0.6) is 0 Å². The summed E-state index contributed by atoms with van der Waals surface area (Å²) < 4.78 is 0. The van der Waals surface area contributed by atoms with Crippen LogP contribution in [-0.2, 0) is 0 Å². The summed E-state index contributed by atoms with van der Waals surface area (Å²) in [5.41, 5.74) is 5.14. The Kier molecular flexibility index (Phi) is 8.97. The number of amides is 3. The Morgan fingerprint density at radius 1 is 0.846 bits per heavy atom. The Hall–Kier alpha value is -2.77. The summed E-state index contributed by atoms with van der Waals surface area (Å²) >= 11 is 11.2. The fourth-order valence-corrected chi connectivity index (χ4v) is 1.84. The number of halogens is 2. The first-order chi connectivity index (χ1) is 12.3. The van der Waals surface area contributed by atoms with Crippen molar-refractivity contribution in [1.29, 1.82) is 0 Å². The van der Waals surface area contributed by atoms with Crippen LogP contribution in [0, 0.1) is 0 Å². The molecule has 0 bridgehead atoms. The summed E-state index contributed by atoms with van der Waals surface area (Å²) in [6.45, 7) is 2.27. The predicted molar refractivity (Wildman–Crippen MR) is 99.5 cm³/mol. The maximum Gasteiger partial charge on any atom is 0.335 e. The van der Waals surface area contributed by atoms with Gasteiger partial charge < -0.3 is 10.4 Å². The van der Waals surface area contributed by atoms with E-state index in [9.17, 15) is 14.4 Å². The van der Waals surface area contributed by atoms with Gasteiger partial charge in [0.1, 0.15) is 0 Å². The number of hydrazine groups is 1. The number of benzene rings is 2. The molecule has 0 aliphatic carbocycles. The van der Waals surface area contributed by atoms with E-state index >= 15 is 0 Å². The van der Waals surface area contributed by atoms with E-state index in [4.69, 9.17) is 28.3 Å². The van der Waals surface area contributed by atoms with E-state index in [0.717, 1.165) is 0 Å². The van der Waals surface area contributed by atoms with E-state index < -0.39 is 17.9 Å². The maximum atomic E-state index is 11.5. The van der Waals surface area contributed by atoms with Crippen molar-refractivity contribution in [2.24, 2.45) is 0 Å². The van der Waals surface area contributed by atoms with Gasteiger partial charge in [-0.2, -0.15) is 0 Å². The normalized spacial score (nSPS) is 9.35. The molecule has 0 unspecified atom stereocenters. The van der Waals surface area contributed by atoms with Crippen LogP contribution in [0.3, 0.4) is 0 Å². The van der Waals surface area contributed by atoms with Gasteiger partial charge in [-0.25, -0.2) is 15.0 Å². The molecular weight excluding hydrogens is 381 g/mol. The topological polar surface area (TPSA) is 108 Å². The number of nitrogens with one attached hydrogen (secondary N) is 3. The number of aromatic carboxylic acids is 1. The largest absolute Gasteiger partial charge is 0.478 e. The highest BCUT2D eigenvalue weighted by Crippen LogP contribution is 2.09. The fraction of sp³-hybridized carbons (Fsp3) is 0.118. The van der Waals surface area contributed by atoms with Crippen LogP contribution in [0.15, 0.2) is 48.5 Å². The molecule has 26 heavy (non-hydrogen) atoms. The van der Waals surface area contributed by atoms with Crippen LogP contribution < -0.4 is 16.2 Å². The lowest BCUT2D eigenvalue weighted by atomic mass is 10.2. The minimum Gasteiger partial charge on any atom is -0.478 e. The first-order valence-corrected chi connectivity index (χ1v) is 8.17. The van der Waals surface area contributed by atoms with Crippen LogP contribution in [0.2, 0.25) is 10.0 Å². The molecule has 0 atom stereocenters. The highest BCUT2D eigenvalue weighted by molar-refractivity contribution is 6.31. The number of carboxylic acids is 1. The monoisotopic (exact) mass is 397 g/mol. The Bertz CT molecular complexity index is 750. The summed E-state index contributed by atoms with van der Waals surface area (Å²) in [6, 6.07) is 11.9. The summed E-state index contributed by atoms with van der Waals surface area (Å²) in [4.78, 5) is 32.7. The van der Waals surface area contributed by atoms with E-state index in [1.807, 2.05) is 0 Å². The molecule has 0 aliphatic heterocycles. The minimum absolute atomic E-state index is 0.254. The van der Waals surface area contributed by atoms with Crippen molar-refractivity contribution >= 4 is 41.1 Å². The SMILES string of the molecule is CCNC(=O)NNC(=O)c1ccc(Cl)cc1.O=C(O)c1ccc(Cl)cc1. The van der Waals surface area contributed by atoms with Crippen molar-refractivity contribution < 1.29 is 19.5 Å². The zero-order chi connectivity index (χ0) is 19.5. The van der Waals surface area contributed by atoms with Crippen molar-refractivity contribution in [1.82, 2.24) is 16.2 Å². The average molecular weight is 398 g/mol. The Morgan fingerprint density at radius 2 is 1.31 bits per heavy atom. The van der Waals surface area contributed by atoms with Gasteiger partial charge in [0.15, 0.2) is 0 Å². The van der Waals surface area contributed by atoms with E-state index in [1.54, 1.807) is 43.3 Å². The van der Waals surface area contributed by atoms with Gasteiger partial charge in [0.25, 0.3) is 5.91 Å². The first-order valence-electron chi connectivity index (χ1n) is 7.42. The molecule has 9 heteroatoms. The average Bonchev–Trinajstić information content (AvgIpc) is 2.61. The van der Waals surface area contributed by atoms with Crippen molar-refractivity contribution in [3.8, 4) is 0 Å². The summed E-state index contributed by atoms with van der Waals surface area (Å²) in [5.74, 6) is -1.33. The summed E-state index contributed by atoms with van der Waals surface area (Å²) in [5, 5.41) is 12.0. The van der Waals surface area contributed by atoms with Gasteiger partial charge >= 0.3 is 12.0 Å². The highest BCUT2D eigenvalue weighted by atomic mass is 35.5. The Labute approximate surface area is 160 Å². The third-order valence-electron chi connectivity index (χ3n) is 2.82. The van der Waals surface area contributed by atoms with Gasteiger partial charge in [0, 0.05) is 22.2 Å². The number of carbonyl (C=O) groups excluding carboxylic acids is 2. The molecule has 7 nitrogen and oxygen atoms in total. The second-order valence-electron chi connectivity index (χ2n) is 4.76. The second-order valence-corrected chi connectivity index (χ2v) is 5.63. The molecule has 0 fully saturated rings. The van der Waals surface area contributed by atoms with Crippen LogP contribution in [-0.4, -0.2) is 29.6 Å². The number of hydrogen-bond acceptors (Lipinski definition) is 3.